The van der Waals surface area contributed by atoms with Gasteiger partial charge in [0.25, 0.3) is 5.91 Å². The molecule has 1 saturated heterocycles. The second kappa shape index (κ2) is 12.5. The number of carbonyl (C=O) groups is 1. The Morgan fingerprint density at radius 1 is 1.11 bits per heavy atom. The first-order valence-corrected chi connectivity index (χ1v) is 16.3. The van der Waals surface area contributed by atoms with Crippen molar-refractivity contribution in [1.82, 2.24) is 25.2 Å². The number of fused-ring (bicyclic) bond motifs is 2. The number of nitrogens with one attached hydrogen (secondary N) is 1. The highest BCUT2D eigenvalue weighted by molar-refractivity contribution is 7.19. The van der Waals surface area contributed by atoms with Crippen LogP contribution in [0.5, 0.6) is 5.88 Å². The minimum atomic E-state index is -0.774. The van der Waals surface area contributed by atoms with Crippen LogP contribution in [0.15, 0.2) is 42.6 Å². The summed E-state index contributed by atoms with van der Waals surface area (Å²) < 4.78 is 13.9. The maximum Gasteiger partial charge on any atom is 0.280 e. The fourth-order valence-electron chi connectivity index (χ4n) is 6.34. The average Bonchev–Trinajstić information content (AvgIpc) is 3.42. The first kappa shape index (κ1) is 30.6. The molecule has 44 heavy (non-hydrogen) atoms. The van der Waals surface area contributed by atoms with Gasteiger partial charge in [-0.15, -0.1) is 0 Å². The van der Waals surface area contributed by atoms with Crippen molar-refractivity contribution >= 4 is 27.6 Å². The minimum absolute atomic E-state index is 0.230. The molecule has 2 atom stereocenters. The van der Waals surface area contributed by atoms with Gasteiger partial charge in [0.2, 0.25) is 5.88 Å². The molecule has 8 nitrogen and oxygen atoms in total. The summed E-state index contributed by atoms with van der Waals surface area (Å²) in [7, 11) is 0. The van der Waals surface area contributed by atoms with Crippen molar-refractivity contribution in [3.05, 3.63) is 70.2 Å². The molecule has 1 aliphatic heterocycles. The van der Waals surface area contributed by atoms with Crippen LogP contribution in [0, 0.1) is 17.2 Å². The Morgan fingerprint density at radius 3 is 2.57 bits per heavy atom. The zero-order valence-corrected chi connectivity index (χ0v) is 26.3. The molecule has 0 saturated carbocycles. The van der Waals surface area contributed by atoms with Gasteiger partial charge in [-0.25, -0.2) is 19.3 Å². The van der Waals surface area contributed by atoms with E-state index in [2.05, 4.69) is 42.0 Å². The number of likely N-dealkylation sites (tertiary alicyclic amines) is 1. The van der Waals surface area contributed by atoms with Crippen molar-refractivity contribution in [3.63, 3.8) is 0 Å². The quantitative estimate of drug-likeness (QED) is 0.231. The number of piperidine rings is 1. The van der Waals surface area contributed by atoms with Gasteiger partial charge >= 0.3 is 0 Å². The highest BCUT2D eigenvalue weighted by Crippen LogP contribution is 2.38. The van der Waals surface area contributed by atoms with E-state index in [1.807, 2.05) is 24.3 Å². The monoisotopic (exact) mass is 617 g/mol. The molecule has 0 radical (unpaired) electrons. The van der Waals surface area contributed by atoms with Gasteiger partial charge < -0.3 is 20.4 Å². The summed E-state index contributed by atoms with van der Waals surface area (Å²) in [5.74, 6) is -1.04. The van der Waals surface area contributed by atoms with Crippen LogP contribution in [-0.4, -0.2) is 61.7 Å². The van der Waals surface area contributed by atoms with E-state index in [0.717, 1.165) is 78.9 Å². The van der Waals surface area contributed by atoms with E-state index in [0.29, 0.717) is 22.9 Å². The summed E-state index contributed by atoms with van der Waals surface area (Å²) >= 11 is 1.33. The number of hydrogen-bond donors (Lipinski definition) is 3. The van der Waals surface area contributed by atoms with E-state index < -0.39 is 11.7 Å². The van der Waals surface area contributed by atoms with E-state index in [1.54, 1.807) is 0 Å². The van der Waals surface area contributed by atoms with Crippen molar-refractivity contribution in [3.8, 4) is 17.0 Å². The number of rotatable bonds is 7. The number of thiazole rings is 1. The van der Waals surface area contributed by atoms with E-state index in [9.17, 15) is 19.4 Å². The number of aromatic hydroxyl groups is 1. The predicted molar refractivity (Wildman–Crippen MR) is 170 cm³/mol. The number of nitrogens with zero attached hydrogens (tertiary/aromatic N) is 4. The molecule has 0 unspecified atom stereocenters. The van der Waals surface area contributed by atoms with Crippen LogP contribution in [0.4, 0.5) is 4.39 Å². The molecular weight excluding hydrogens is 577 g/mol. The van der Waals surface area contributed by atoms with E-state index in [4.69, 9.17) is 9.97 Å². The highest BCUT2D eigenvalue weighted by Gasteiger charge is 2.30. The molecule has 1 aromatic carbocycles. The molecule has 1 aliphatic carbocycles. The largest absolute Gasteiger partial charge is 0.491 e. The molecule has 4 heterocycles. The third-order valence-corrected chi connectivity index (χ3v) is 10.2. The molecular formula is C34H40FN5O3S. The van der Waals surface area contributed by atoms with Gasteiger partial charge in [-0.05, 0) is 78.7 Å². The second-order valence-corrected chi connectivity index (χ2v) is 14.3. The summed E-state index contributed by atoms with van der Waals surface area (Å²) in [6.07, 6.45) is 6.43. The molecule has 0 spiro atoms. The Hall–Kier alpha value is -3.47. The Kier molecular flexibility index (Phi) is 8.68. The summed E-state index contributed by atoms with van der Waals surface area (Å²) in [5.41, 5.74) is 5.61. The Morgan fingerprint density at radius 2 is 1.86 bits per heavy atom. The Bertz CT molecular complexity index is 1640. The predicted octanol–water partition coefficient (Wildman–Crippen LogP) is 6.07. The highest BCUT2D eigenvalue weighted by atomic mass is 32.1. The van der Waals surface area contributed by atoms with Crippen molar-refractivity contribution < 1.29 is 19.4 Å². The number of pyridine rings is 2. The number of aliphatic hydroxyl groups excluding tert-OH is 1. The lowest BCUT2D eigenvalue weighted by Gasteiger charge is -2.34. The molecule has 0 bridgehead atoms. The fourth-order valence-corrected chi connectivity index (χ4v) is 7.19. The number of aryl methyl sites for hydroxylation is 1. The van der Waals surface area contributed by atoms with Crippen LogP contribution in [0.3, 0.4) is 0 Å². The maximum absolute atomic E-state index is 13.9. The molecule has 10 heteroatoms. The Balaban J connectivity index is 1.22. The summed E-state index contributed by atoms with van der Waals surface area (Å²) in [5, 5.41) is 23.0. The first-order chi connectivity index (χ1) is 21.0. The molecule has 1 fully saturated rings. The standard InChI is InChI=1S/C34H40FN5O3S/c1-34(2,3)24-8-9-27-22(16-24)18-29-32(38-27)44-33(39-29)31(43)37-28(12-15-40-13-10-25(41)11-14-40)21-6-4-20(5-7-21)23-17-26(35)30(42)36-19-23/h4-7,17-19,24-25,28,41H,8-16H2,1-3H3,(H,36,42)(H,37,43)/t24-,28+/m0/s1. The Labute approximate surface area is 261 Å². The van der Waals surface area contributed by atoms with Crippen LogP contribution in [0.2, 0.25) is 0 Å². The van der Waals surface area contributed by atoms with Crippen molar-refractivity contribution in [2.45, 2.75) is 71.4 Å². The van der Waals surface area contributed by atoms with Crippen LogP contribution >= 0.6 is 11.3 Å². The number of amides is 1. The van der Waals surface area contributed by atoms with Gasteiger partial charge in [-0.2, -0.15) is 0 Å². The molecule has 4 aromatic rings. The van der Waals surface area contributed by atoms with Gasteiger partial charge in [-0.3, -0.25) is 4.79 Å². The third kappa shape index (κ3) is 6.77. The van der Waals surface area contributed by atoms with Crippen molar-refractivity contribution in [1.29, 1.82) is 0 Å². The zero-order chi connectivity index (χ0) is 31.0. The minimum Gasteiger partial charge on any atom is -0.491 e. The number of halogens is 1. The fraction of sp³-hybridized carbons (Fsp3) is 0.471. The van der Waals surface area contributed by atoms with Crippen LogP contribution in [-0.2, 0) is 12.8 Å². The van der Waals surface area contributed by atoms with Crippen LogP contribution < -0.4 is 5.32 Å². The third-order valence-electron chi connectivity index (χ3n) is 9.23. The number of benzene rings is 1. The van der Waals surface area contributed by atoms with Gasteiger partial charge in [0.1, 0.15) is 10.3 Å². The number of aliphatic hydroxyl groups is 1. The van der Waals surface area contributed by atoms with Gasteiger partial charge in [-0.1, -0.05) is 56.4 Å². The van der Waals surface area contributed by atoms with E-state index in [-0.39, 0.29) is 23.5 Å². The summed E-state index contributed by atoms with van der Waals surface area (Å²) in [6, 6.07) is 10.7. The smallest absolute Gasteiger partial charge is 0.280 e. The summed E-state index contributed by atoms with van der Waals surface area (Å²) in [4.78, 5) is 30.1. The lowest BCUT2D eigenvalue weighted by atomic mass is 9.71. The molecule has 3 aromatic heterocycles. The van der Waals surface area contributed by atoms with Crippen LogP contribution in [0.25, 0.3) is 21.5 Å². The number of aromatic nitrogens is 3. The van der Waals surface area contributed by atoms with Crippen molar-refractivity contribution in [2.24, 2.45) is 11.3 Å². The maximum atomic E-state index is 13.9. The van der Waals surface area contributed by atoms with E-state index >= 15 is 0 Å². The topological polar surface area (TPSA) is 111 Å². The molecule has 1 amide bonds. The lowest BCUT2D eigenvalue weighted by molar-refractivity contribution is 0.0795. The zero-order valence-electron chi connectivity index (χ0n) is 25.5. The lowest BCUT2D eigenvalue weighted by Crippen LogP contribution is -2.38. The molecule has 232 valence electrons. The van der Waals surface area contributed by atoms with E-state index in [1.165, 1.54) is 29.2 Å². The van der Waals surface area contributed by atoms with Crippen LogP contribution in [0.1, 0.15) is 79.1 Å². The second-order valence-electron chi connectivity index (χ2n) is 13.3. The van der Waals surface area contributed by atoms with Crippen molar-refractivity contribution in [2.75, 3.05) is 19.6 Å². The van der Waals surface area contributed by atoms with Gasteiger partial charge in [0.05, 0.1) is 12.1 Å². The molecule has 2 aliphatic rings. The number of carbonyl (C=O) groups excluding carboxylic acids is 1. The number of hydrogen-bond acceptors (Lipinski definition) is 8. The SMILES string of the molecule is CC(C)(C)[C@H]1CCc2nc3sc(C(=O)N[C@H](CCN4CCC(O)CC4)c4ccc(-c5cnc(O)c(F)c5)cc4)nc3cc2C1. The normalized spacial score (nSPS) is 18.7. The molecule has 3 N–H and O–H groups in total. The molecule has 6 rings (SSSR count). The average molecular weight is 618 g/mol. The van der Waals surface area contributed by atoms with Gasteiger partial charge in [0, 0.05) is 37.1 Å². The van der Waals surface area contributed by atoms with Gasteiger partial charge in [0.15, 0.2) is 10.8 Å². The first-order valence-electron chi connectivity index (χ1n) is 15.5. The summed E-state index contributed by atoms with van der Waals surface area (Å²) in [6.45, 7) is 9.30.